The molecular weight excluding hydrogens is 412 g/mol. The first kappa shape index (κ1) is 20.0. The molecule has 2 aliphatic heterocycles. The van der Waals surface area contributed by atoms with E-state index in [4.69, 9.17) is 9.47 Å². The van der Waals surface area contributed by atoms with Gasteiger partial charge in [0.1, 0.15) is 11.7 Å². The van der Waals surface area contributed by atoms with Crippen LogP contribution < -0.4 is 20.1 Å². The Kier molecular flexibility index (Phi) is 4.57. The second-order valence-electron chi connectivity index (χ2n) is 6.80. The largest absolute Gasteiger partial charge is 0.454 e. The fraction of sp³-hybridized carbons (Fsp3) is 0.263. The van der Waals surface area contributed by atoms with Crippen LogP contribution in [0.2, 0.25) is 0 Å². The van der Waals surface area contributed by atoms with Crippen molar-refractivity contribution >= 4 is 11.8 Å². The van der Waals surface area contributed by atoms with Crippen molar-refractivity contribution in [2.75, 3.05) is 6.79 Å². The van der Waals surface area contributed by atoms with Crippen molar-refractivity contribution in [2.45, 2.75) is 17.9 Å². The fourth-order valence-electron chi connectivity index (χ4n) is 3.61. The molecule has 0 unspecified atom stereocenters. The molecule has 2 amide bonds. The molecule has 30 heavy (non-hydrogen) atoms. The molecule has 7 nitrogen and oxygen atoms in total. The zero-order valence-electron chi connectivity index (χ0n) is 15.0. The van der Waals surface area contributed by atoms with Crippen LogP contribution >= 0.6 is 0 Å². The maximum atomic E-state index is 13.5. The minimum absolute atomic E-state index is 0.0808. The summed E-state index contributed by atoms with van der Waals surface area (Å²) in [5, 5.41) is 15.4. The molecule has 4 rings (SSSR count). The van der Waals surface area contributed by atoms with Gasteiger partial charge in [-0.05, 0) is 29.8 Å². The van der Waals surface area contributed by atoms with Gasteiger partial charge in [-0.15, -0.1) is 0 Å². The minimum atomic E-state index is -5.32. The highest BCUT2D eigenvalue weighted by Gasteiger charge is 2.59. The van der Waals surface area contributed by atoms with Crippen molar-refractivity contribution in [3.63, 3.8) is 0 Å². The van der Waals surface area contributed by atoms with Crippen LogP contribution in [0.5, 0.6) is 11.5 Å². The number of hydrogen-bond acceptors (Lipinski definition) is 5. The van der Waals surface area contributed by atoms with Gasteiger partial charge in [0.15, 0.2) is 17.2 Å². The molecule has 158 valence electrons. The van der Waals surface area contributed by atoms with Crippen LogP contribution in [-0.2, 0) is 10.5 Å². The van der Waals surface area contributed by atoms with Crippen LogP contribution in [0.15, 0.2) is 42.5 Å². The van der Waals surface area contributed by atoms with Crippen LogP contribution in [0.1, 0.15) is 17.2 Å². The molecule has 1 fully saturated rings. The Morgan fingerprint density at radius 1 is 1.10 bits per heavy atom. The third kappa shape index (κ3) is 3.30. The van der Waals surface area contributed by atoms with E-state index in [-0.39, 0.29) is 23.7 Å². The minimum Gasteiger partial charge on any atom is -0.454 e. The molecule has 0 spiro atoms. The van der Waals surface area contributed by atoms with Crippen molar-refractivity contribution in [3.8, 4) is 11.5 Å². The highest BCUT2D eigenvalue weighted by molar-refractivity contribution is 5.91. The van der Waals surface area contributed by atoms with Crippen molar-refractivity contribution < 1.29 is 41.7 Å². The molecule has 0 aliphatic carbocycles. The molecule has 1 saturated heterocycles. The Balaban J connectivity index is 1.86. The first-order valence-corrected chi connectivity index (χ1v) is 8.67. The highest BCUT2D eigenvalue weighted by Crippen LogP contribution is 2.44. The number of ketones is 1. The number of carbonyl (C=O) groups excluding carboxylic acids is 2. The normalized spacial score (nSPS) is 25.4. The van der Waals surface area contributed by atoms with Crippen LogP contribution in [-0.4, -0.2) is 29.9 Å². The van der Waals surface area contributed by atoms with Gasteiger partial charge in [-0.1, -0.05) is 18.2 Å². The van der Waals surface area contributed by atoms with E-state index < -0.39 is 41.5 Å². The number of Topliss-reactive ketones (excluding diaryl/α,β-unsaturated/α-hetero) is 1. The number of nitrogens with one attached hydrogen (secondary N) is 2. The first-order valence-electron chi connectivity index (χ1n) is 8.67. The summed E-state index contributed by atoms with van der Waals surface area (Å²) >= 11 is 0. The van der Waals surface area contributed by atoms with Crippen LogP contribution in [0.25, 0.3) is 0 Å². The Bertz CT molecular complexity index is 1010. The number of aliphatic hydroxyl groups is 1. The Hall–Kier alpha value is -3.34. The van der Waals surface area contributed by atoms with E-state index in [1.54, 1.807) is 0 Å². The lowest BCUT2D eigenvalue weighted by molar-refractivity contribution is -0.190. The number of carbonyl (C=O) groups is 2. The summed E-state index contributed by atoms with van der Waals surface area (Å²) in [5.74, 6) is -4.66. The summed E-state index contributed by atoms with van der Waals surface area (Å²) in [7, 11) is 0. The number of alkyl halides is 3. The monoisotopic (exact) mass is 426 g/mol. The van der Waals surface area contributed by atoms with Gasteiger partial charge in [0.25, 0.3) is 0 Å². The van der Waals surface area contributed by atoms with Gasteiger partial charge in [-0.25, -0.2) is 9.18 Å². The SMILES string of the molecule is O=C1N[C@H](c2ccc3c(c2)OCO3)[C@H](C(=O)C(F)(F)F)[C@](O)(c2ccc(F)cc2)N1. The standard InChI is InChI=1S/C19H14F4N2O5/c20-11-4-2-10(3-5-11)18(28)14(16(26)19(21,22)23)15(24-17(27)25-18)9-1-6-12-13(7-9)30-8-29-12/h1-7,14-15,28H,8H2,(H2,24,25,27)/t14-,15-,18-/m1/s1. The molecule has 0 bridgehead atoms. The quantitative estimate of drug-likeness (QED) is 0.656. The Morgan fingerprint density at radius 2 is 1.77 bits per heavy atom. The Morgan fingerprint density at radius 3 is 2.43 bits per heavy atom. The number of ether oxygens (including phenoxy) is 2. The number of rotatable bonds is 3. The van der Waals surface area contributed by atoms with E-state index in [0.717, 1.165) is 24.3 Å². The topological polar surface area (TPSA) is 96.9 Å². The fourth-order valence-corrected chi connectivity index (χ4v) is 3.61. The predicted octanol–water partition coefficient (Wildman–Crippen LogP) is 2.50. The molecular formula is C19H14F4N2O5. The zero-order valence-corrected chi connectivity index (χ0v) is 15.0. The first-order chi connectivity index (χ1) is 14.1. The van der Waals surface area contributed by atoms with Crippen LogP contribution in [0, 0.1) is 11.7 Å². The van der Waals surface area contributed by atoms with Gasteiger partial charge in [-0.2, -0.15) is 13.2 Å². The molecule has 0 aromatic heterocycles. The van der Waals surface area contributed by atoms with E-state index in [2.05, 4.69) is 5.32 Å². The summed E-state index contributed by atoms with van der Waals surface area (Å²) in [6.45, 7) is -0.0954. The highest BCUT2D eigenvalue weighted by atomic mass is 19.4. The molecule has 2 heterocycles. The summed E-state index contributed by atoms with van der Waals surface area (Å²) < 4.78 is 64.1. The van der Waals surface area contributed by atoms with Gasteiger partial charge in [0.2, 0.25) is 12.6 Å². The van der Waals surface area contributed by atoms with Crippen molar-refractivity contribution in [2.24, 2.45) is 5.92 Å². The van der Waals surface area contributed by atoms with Gasteiger partial charge < -0.3 is 25.2 Å². The number of hydrogen-bond donors (Lipinski definition) is 3. The Labute approximate surface area is 166 Å². The van der Waals surface area contributed by atoms with Crippen LogP contribution in [0.4, 0.5) is 22.4 Å². The zero-order chi connectivity index (χ0) is 21.7. The van der Waals surface area contributed by atoms with E-state index in [1.165, 1.54) is 18.2 Å². The van der Waals surface area contributed by atoms with Gasteiger partial charge >= 0.3 is 12.2 Å². The lowest BCUT2D eigenvalue weighted by Crippen LogP contribution is -2.66. The van der Waals surface area contributed by atoms with Crippen LogP contribution in [0.3, 0.4) is 0 Å². The molecule has 2 aliphatic rings. The third-order valence-corrected chi connectivity index (χ3v) is 4.98. The lowest BCUT2D eigenvalue weighted by atomic mass is 9.76. The van der Waals surface area contributed by atoms with E-state index in [9.17, 15) is 32.3 Å². The van der Waals surface area contributed by atoms with Crippen molar-refractivity contribution in [3.05, 3.63) is 59.4 Å². The molecule has 3 atom stereocenters. The average molecular weight is 426 g/mol. The number of amides is 2. The molecule has 0 radical (unpaired) electrons. The number of benzene rings is 2. The molecule has 11 heteroatoms. The van der Waals surface area contributed by atoms with Gasteiger partial charge in [-0.3, -0.25) is 4.79 Å². The number of fused-ring (bicyclic) bond motifs is 1. The molecule has 0 saturated carbocycles. The summed E-state index contributed by atoms with van der Waals surface area (Å²) in [6, 6.07) is 5.28. The van der Waals surface area contributed by atoms with Gasteiger partial charge in [0.05, 0.1) is 6.04 Å². The maximum Gasteiger partial charge on any atom is 0.450 e. The van der Waals surface area contributed by atoms with Crippen molar-refractivity contribution in [1.29, 1.82) is 0 Å². The van der Waals surface area contributed by atoms with E-state index >= 15 is 0 Å². The summed E-state index contributed by atoms with van der Waals surface area (Å²) in [6.07, 6.45) is -5.32. The molecule has 2 aromatic carbocycles. The summed E-state index contributed by atoms with van der Waals surface area (Å²) in [4.78, 5) is 24.6. The van der Waals surface area contributed by atoms with Crippen molar-refractivity contribution in [1.82, 2.24) is 10.6 Å². The summed E-state index contributed by atoms with van der Waals surface area (Å²) in [5.41, 5.74) is -2.96. The number of halogens is 4. The molecule has 3 N–H and O–H groups in total. The number of urea groups is 1. The lowest BCUT2D eigenvalue weighted by Gasteiger charge is -2.45. The third-order valence-electron chi connectivity index (χ3n) is 4.98. The average Bonchev–Trinajstić information content (AvgIpc) is 3.14. The molecule has 2 aromatic rings. The second kappa shape index (κ2) is 6.87. The second-order valence-corrected chi connectivity index (χ2v) is 6.80. The van der Waals surface area contributed by atoms with Gasteiger partial charge in [0, 0.05) is 5.56 Å². The predicted molar refractivity (Wildman–Crippen MR) is 91.8 cm³/mol. The van der Waals surface area contributed by atoms with E-state index in [0.29, 0.717) is 5.75 Å². The smallest absolute Gasteiger partial charge is 0.450 e. The van der Waals surface area contributed by atoms with E-state index in [1.807, 2.05) is 5.32 Å². The maximum absolute atomic E-state index is 13.5.